The molecule has 0 radical (unpaired) electrons. The number of aliphatic hydroxyl groups is 1. The average molecular weight is 282 g/mol. The number of primary amides is 1. The van der Waals surface area contributed by atoms with Crippen molar-refractivity contribution in [3.8, 4) is 0 Å². The van der Waals surface area contributed by atoms with E-state index in [0.29, 0.717) is 5.56 Å². The Morgan fingerprint density at radius 2 is 2.42 bits per heavy atom. The topological polar surface area (TPSA) is 75.3 Å². The summed E-state index contributed by atoms with van der Waals surface area (Å²) in [5, 5.41) is 15.3. The van der Waals surface area contributed by atoms with Crippen molar-refractivity contribution >= 4 is 17.2 Å². The zero-order chi connectivity index (χ0) is 13.9. The minimum Gasteiger partial charge on any atom is -0.393 e. The maximum absolute atomic E-state index is 11.0. The normalized spacial score (nSPS) is 27.4. The van der Waals surface area contributed by atoms with Gasteiger partial charge in [-0.25, -0.2) is 0 Å². The number of hydrogen-bond donors (Lipinski definition) is 3. The molecular weight excluding hydrogens is 260 g/mol. The molecule has 4 nitrogen and oxygen atoms in total. The molecule has 19 heavy (non-hydrogen) atoms. The second-order valence-electron chi connectivity index (χ2n) is 5.69. The summed E-state index contributed by atoms with van der Waals surface area (Å²) < 4.78 is 0. The van der Waals surface area contributed by atoms with Crippen LogP contribution in [0.3, 0.4) is 0 Å². The number of thiophene rings is 1. The number of aliphatic hydroxyl groups excluding tert-OH is 1. The largest absolute Gasteiger partial charge is 0.393 e. The summed E-state index contributed by atoms with van der Waals surface area (Å²) in [5.41, 5.74) is 5.78. The van der Waals surface area contributed by atoms with Crippen LogP contribution in [-0.2, 0) is 6.54 Å². The van der Waals surface area contributed by atoms with E-state index in [1.165, 1.54) is 17.8 Å². The molecule has 1 saturated carbocycles. The molecule has 2 atom stereocenters. The molecule has 1 fully saturated rings. The summed E-state index contributed by atoms with van der Waals surface area (Å²) in [6.07, 6.45) is 4.09. The van der Waals surface area contributed by atoms with Crippen LogP contribution in [0.1, 0.15) is 47.8 Å². The SMILES string of the molecule is CC1(CNCc2cc(C(N)=O)cs2)CCCCC1O. The zero-order valence-electron chi connectivity index (χ0n) is 11.3. The van der Waals surface area contributed by atoms with Crippen LogP contribution in [0, 0.1) is 5.41 Å². The van der Waals surface area contributed by atoms with Crippen LogP contribution < -0.4 is 11.1 Å². The quantitative estimate of drug-likeness (QED) is 0.772. The van der Waals surface area contributed by atoms with E-state index in [9.17, 15) is 9.90 Å². The van der Waals surface area contributed by atoms with Crippen LogP contribution in [0.2, 0.25) is 0 Å². The van der Waals surface area contributed by atoms with Crippen molar-refractivity contribution in [3.63, 3.8) is 0 Å². The van der Waals surface area contributed by atoms with Crippen molar-refractivity contribution in [2.45, 2.75) is 45.3 Å². The van der Waals surface area contributed by atoms with E-state index in [2.05, 4.69) is 12.2 Å². The summed E-state index contributed by atoms with van der Waals surface area (Å²) in [6, 6.07) is 1.83. The lowest BCUT2D eigenvalue weighted by atomic mass is 9.73. The van der Waals surface area contributed by atoms with Crippen molar-refractivity contribution in [1.29, 1.82) is 0 Å². The summed E-state index contributed by atoms with van der Waals surface area (Å²) >= 11 is 1.54. The maximum Gasteiger partial charge on any atom is 0.249 e. The molecule has 106 valence electrons. The highest BCUT2D eigenvalue weighted by atomic mass is 32.1. The number of carbonyl (C=O) groups excluding carboxylic acids is 1. The van der Waals surface area contributed by atoms with Crippen molar-refractivity contribution in [3.05, 3.63) is 21.9 Å². The fourth-order valence-electron chi connectivity index (χ4n) is 2.66. The van der Waals surface area contributed by atoms with Gasteiger partial charge in [0.15, 0.2) is 0 Å². The first-order valence-corrected chi connectivity index (χ1v) is 7.65. The smallest absolute Gasteiger partial charge is 0.249 e. The minimum absolute atomic E-state index is 0.0258. The van der Waals surface area contributed by atoms with Gasteiger partial charge >= 0.3 is 0 Å². The molecule has 0 aliphatic heterocycles. The predicted octanol–water partition coefficient (Wildman–Crippen LogP) is 1.88. The Bertz CT molecular complexity index is 446. The van der Waals surface area contributed by atoms with E-state index < -0.39 is 0 Å². The number of rotatable bonds is 5. The fraction of sp³-hybridized carbons (Fsp3) is 0.643. The van der Waals surface area contributed by atoms with Gasteiger partial charge in [-0.2, -0.15) is 0 Å². The van der Waals surface area contributed by atoms with E-state index in [0.717, 1.165) is 37.2 Å². The predicted molar refractivity (Wildman–Crippen MR) is 77.1 cm³/mol. The number of hydrogen-bond acceptors (Lipinski definition) is 4. The van der Waals surface area contributed by atoms with E-state index in [1.807, 2.05) is 6.07 Å². The summed E-state index contributed by atoms with van der Waals surface area (Å²) in [7, 11) is 0. The Hall–Kier alpha value is -0.910. The number of nitrogens with one attached hydrogen (secondary N) is 1. The van der Waals surface area contributed by atoms with Crippen LogP contribution in [0.4, 0.5) is 0 Å². The lowest BCUT2D eigenvalue weighted by molar-refractivity contribution is 0.00119. The van der Waals surface area contributed by atoms with Gasteiger partial charge in [0.2, 0.25) is 5.91 Å². The number of amides is 1. The van der Waals surface area contributed by atoms with Gasteiger partial charge in [0.05, 0.1) is 11.7 Å². The first kappa shape index (κ1) is 14.5. The van der Waals surface area contributed by atoms with Crippen molar-refractivity contribution < 1.29 is 9.90 Å². The van der Waals surface area contributed by atoms with Gasteiger partial charge in [-0.05, 0) is 18.9 Å². The monoisotopic (exact) mass is 282 g/mol. The highest BCUT2D eigenvalue weighted by molar-refractivity contribution is 7.10. The van der Waals surface area contributed by atoms with E-state index in [4.69, 9.17) is 5.73 Å². The van der Waals surface area contributed by atoms with Crippen LogP contribution in [-0.4, -0.2) is 23.7 Å². The third kappa shape index (κ3) is 3.55. The summed E-state index contributed by atoms with van der Waals surface area (Å²) in [6.45, 7) is 3.67. The van der Waals surface area contributed by atoms with Crippen LogP contribution >= 0.6 is 11.3 Å². The highest BCUT2D eigenvalue weighted by Gasteiger charge is 2.34. The van der Waals surface area contributed by atoms with E-state index >= 15 is 0 Å². The van der Waals surface area contributed by atoms with Crippen molar-refractivity contribution in [2.24, 2.45) is 11.1 Å². The Labute approximate surface area is 118 Å². The van der Waals surface area contributed by atoms with Gasteiger partial charge in [-0.3, -0.25) is 4.79 Å². The third-order valence-electron chi connectivity index (χ3n) is 4.05. The molecule has 1 aromatic rings. The van der Waals surface area contributed by atoms with Crippen LogP contribution in [0.15, 0.2) is 11.4 Å². The Morgan fingerprint density at radius 3 is 3.05 bits per heavy atom. The Kier molecular flexibility index (Phi) is 4.60. The Morgan fingerprint density at radius 1 is 1.63 bits per heavy atom. The standard InChI is InChI=1S/C14H22N2O2S/c1-14(5-3-2-4-12(14)17)9-16-7-11-6-10(8-19-11)13(15)18/h6,8,12,16-17H,2-5,7,9H2,1H3,(H2,15,18). The third-order valence-corrected chi connectivity index (χ3v) is 4.98. The van der Waals surface area contributed by atoms with Crippen molar-refractivity contribution in [2.75, 3.05) is 6.54 Å². The molecule has 1 aliphatic carbocycles. The molecule has 2 rings (SSSR count). The first-order chi connectivity index (χ1) is 9.01. The second-order valence-corrected chi connectivity index (χ2v) is 6.68. The molecule has 0 saturated heterocycles. The average Bonchev–Trinajstić information content (AvgIpc) is 2.82. The molecule has 1 aliphatic rings. The van der Waals surface area contributed by atoms with Crippen LogP contribution in [0.25, 0.3) is 0 Å². The molecule has 0 bridgehead atoms. The lowest BCUT2D eigenvalue weighted by Gasteiger charge is -2.38. The number of nitrogens with two attached hydrogens (primary N) is 1. The zero-order valence-corrected chi connectivity index (χ0v) is 12.1. The van der Waals surface area contributed by atoms with E-state index in [1.54, 1.807) is 5.38 Å². The Balaban J connectivity index is 1.83. The lowest BCUT2D eigenvalue weighted by Crippen LogP contribution is -2.43. The molecule has 1 aromatic heterocycles. The van der Waals surface area contributed by atoms with Gasteiger partial charge in [-0.1, -0.05) is 19.8 Å². The molecule has 0 spiro atoms. The maximum atomic E-state index is 11.0. The molecule has 5 heteroatoms. The van der Waals surface area contributed by atoms with Crippen molar-refractivity contribution in [1.82, 2.24) is 5.32 Å². The molecule has 1 heterocycles. The van der Waals surface area contributed by atoms with E-state index in [-0.39, 0.29) is 17.4 Å². The molecular formula is C14H22N2O2S. The molecule has 1 amide bonds. The van der Waals surface area contributed by atoms with Gasteiger partial charge in [0.1, 0.15) is 0 Å². The molecule has 0 aromatic carbocycles. The van der Waals surface area contributed by atoms with Crippen LogP contribution in [0.5, 0.6) is 0 Å². The fourth-order valence-corrected chi connectivity index (χ4v) is 3.50. The summed E-state index contributed by atoms with van der Waals surface area (Å²) in [5.74, 6) is -0.378. The van der Waals surface area contributed by atoms with Gasteiger partial charge in [-0.15, -0.1) is 11.3 Å². The van der Waals surface area contributed by atoms with Gasteiger partial charge < -0.3 is 16.2 Å². The minimum atomic E-state index is -0.378. The second kappa shape index (κ2) is 6.03. The van der Waals surface area contributed by atoms with Gasteiger partial charge in [0.25, 0.3) is 0 Å². The first-order valence-electron chi connectivity index (χ1n) is 6.77. The molecule has 4 N–H and O–H groups in total. The summed E-state index contributed by atoms with van der Waals surface area (Å²) in [4.78, 5) is 12.1. The molecule has 2 unspecified atom stereocenters. The highest BCUT2D eigenvalue weighted by Crippen LogP contribution is 2.35. The van der Waals surface area contributed by atoms with Gasteiger partial charge in [0, 0.05) is 28.8 Å². The number of carbonyl (C=O) groups is 1.